The van der Waals surface area contributed by atoms with Gasteiger partial charge in [-0.1, -0.05) is 82.8 Å². The number of Topliss-reactive ketones (excluding diaryl/α,β-unsaturated/α-hetero) is 1. The molecule has 2 aliphatic heterocycles. The van der Waals surface area contributed by atoms with Crippen LogP contribution in [-0.2, 0) is 40.0 Å². The summed E-state index contributed by atoms with van der Waals surface area (Å²) in [6.45, 7) is 16.0. The summed E-state index contributed by atoms with van der Waals surface area (Å²) in [7, 11) is 0. The second kappa shape index (κ2) is 26.0. The number of hydrogen-bond donors (Lipinski definition) is 4. The van der Waals surface area contributed by atoms with Gasteiger partial charge in [-0.25, -0.2) is 28.1 Å². The minimum absolute atomic E-state index is 0.0470. The lowest BCUT2D eigenvalue weighted by molar-refractivity contribution is -0.144. The molecule has 0 bridgehead atoms. The van der Waals surface area contributed by atoms with E-state index in [9.17, 15) is 39.0 Å². The topological polar surface area (TPSA) is 239 Å². The summed E-state index contributed by atoms with van der Waals surface area (Å²) in [4.78, 5) is 101. The van der Waals surface area contributed by atoms with Crippen molar-refractivity contribution in [3.8, 4) is 33.1 Å². The van der Waals surface area contributed by atoms with Crippen molar-refractivity contribution in [3.63, 3.8) is 0 Å². The first-order valence-electron chi connectivity index (χ1n) is 27.2. The number of aliphatic hydroxyl groups excluding tert-OH is 1. The van der Waals surface area contributed by atoms with Gasteiger partial charge >= 0.3 is 5.69 Å². The fourth-order valence-corrected chi connectivity index (χ4v) is 11.4. The number of amides is 4. The van der Waals surface area contributed by atoms with E-state index in [4.69, 9.17) is 9.47 Å². The predicted octanol–water partition coefficient (Wildman–Crippen LogP) is 6.69. The van der Waals surface area contributed by atoms with Crippen molar-refractivity contribution >= 4 is 57.6 Å². The number of carbonyl (C=O) groups is 5. The molecule has 6 aromatic rings. The van der Waals surface area contributed by atoms with E-state index in [2.05, 4.69) is 63.4 Å². The number of phenolic OH excluding ortho intramolecular Hbond substituents is 1. The molecule has 2 aliphatic rings. The molecule has 22 heteroatoms. The van der Waals surface area contributed by atoms with Crippen molar-refractivity contribution in [2.24, 2.45) is 5.41 Å². The number of fused-ring (bicyclic) bond motifs is 1. The Bertz CT molecular complexity index is 3420. The summed E-state index contributed by atoms with van der Waals surface area (Å²) in [6, 6.07) is 15.6. The van der Waals surface area contributed by atoms with Crippen LogP contribution in [0.1, 0.15) is 82.2 Å². The Morgan fingerprint density at radius 2 is 1.65 bits per heavy atom. The second-order valence-corrected chi connectivity index (χ2v) is 22.8. The van der Waals surface area contributed by atoms with Crippen molar-refractivity contribution in [3.05, 3.63) is 129 Å². The number of rotatable bonds is 21. The molecule has 8 rings (SSSR count). The number of β-amino-alcohol motifs (C(OH)–C–C–N with tert-alkyl or cyclic N) is 1. The van der Waals surface area contributed by atoms with Crippen LogP contribution in [0.25, 0.3) is 38.4 Å². The number of nitrogens with zero attached hydrogens (tertiary/aromatic N) is 7. The maximum atomic E-state index is 16.3. The van der Waals surface area contributed by atoms with Crippen LogP contribution in [0.4, 0.5) is 14.6 Å². The van der Waals surface area contributed by atoms with Gasteiger partial charge in [-0.3, -0.25) is 24.0 Å². The normalized spacial score (nSPS) is 17.2. The number of ketones is 1. The molecule has 434 valence electrons. The molecule has 0 radical (unpaired) electrons. The number of carbonyl (C=O) groups excluding carboxylic acids is 5. The number of aromatic nitrogens is 4. The Balaban J connectivity index is 0.865. The zero-order chi connectivity index (χ0) is 59.2. The first-order chi connectivity index (χ1) is 39.1. The number of aryl methyl sites for hydroxylation is 2. The highest BCUT2D eigenvalue weighted by Crippen LogP contribution is 2.37. The quantitative estimate of drug-likeness (QED) is 0.0434. The molecule has 4 amide bonds. The molecule has 82 heavy (non-hydrogen) atoms. The van der Waals surface area contributed by atoms with Crippen LogP contribution < -0.4 is 21.2 Å². The smallest absolute Gasteiger partial charge is 0.355 e. The highest BCUT2D eigenvalue weighted by atomic mass is 32.1. The van der Waals surface area contributed by atoms with Gasteiger partial charge in [0.15, 0.2) is 17.2 Å². The third kappa shape index (κ3) is 13.6. The Hall–Kier alpha value is -7.79. The molecule has 0 unspecified atom stereocenters. The van der Waals surface area contributed by atoms with Crippen LogP contribution in [0.3, 0.4) is 0 Å². The van der Waals surface area contributed by atoms with Crippen LogP contribution in [0, 0.1) is 30.9 Å². The largest absolute Gasteiger partial charge is 0.507 e. The maximum absolute atomic E-state index is 16.3. The lowest BCUT2D eigenvalue weighted by Crippen LogP contribution is -2.57. The number of para-hydroxylation sites is 1. The highest BCUT2D eigenvalue weighted by Gasteiger charge is 2.44. The molecule has 0 aliphatic carbocycles. The molecule has 19 nitrogen and oxygen atoms in total. The van der Waals surface area contributed by atoms with Crippen LogP contribution in [-0.4, -0.2) is 146 Å². The van der Waals surface area contributed by atoms with E-state index in [0.29, 0.717) is 17.5 Å². The van der Waals surface area contributed by atoms with E-state index in [1.165, 1.54) is 23.1 Å². The third-order valence-electron chi connectivity index (χ3n) is 14.9. The third-order valence-corrected chi connectivity index (χ3v) is 15.9. The minimum atomic E-state index is -1.05. The number of likely N-dealkylation sites (tertiary alicyclic amines) is 1. The first-order valence-corrected chi connectivity index (χ1v) is 28.0. The van der Waals surface area contributed by atoms with E-state index in [0.717, 1.165) is 38.4 Å². The van der Waals surface area contributed by atoms with E-state index in [1.807, 2.05) is 19.4 Å². The number of hydrogen-bond acceptors (Lipinski definition) is 15. The summed E-state index contributed by atoms with van der Waals surface area (Å²) in [5.41, 5.74) is 3.37. The number of halogens is 2. The molecular formula is C60H69F2N9O10S. The number of ether oxygens (including phenoxy) is 2. The average Bonchev–Trinajstić information content (AvgIpc) is 3.06. The summed E-state index contributed by atoms with van der Waals surface area (Å²) in [5.74, 6) is -4.45. The van der Waals surface area contributed by atoms with Crippen molar-refractivity contribution in [1.82, 2.24) is 40.0 Å². The van der Waals surface area contributed by atoms with Crippen LogP contribution in [0.2, 0.25) is 0 Å². The summed E-state index contributed by atoms with van der Waals surface area (Å²) in [6.07, 6.45) is 1.15. The lowest BCUT2D eigenvalue weighted by atomic mass is 9.85. The van der Waals surface area contributed by atoms with E-state index >= 15 is 8.78 Å². The zero-order valence-electron chi connectivity index (χ0n) is 47.0. The molecule has 2 fully saturated rings. The fourth-order valence-electron chi connectivity index (χ4n) is 10.5. The number of thiazole rings is 1. The lowest BCUT2D eigenvalue weighted by Gasteiger charge is -2.40. The van der Waals surface area contributed by atoms with E-state index in [1.54, 1.807) is 67.0 Å². The molecule has 3 aromatic heterocycles. The van der Waals surface area contributed by atoms with Gasteiger partial charge in [0.25, 0.3) is 0 Å². The number of aliphatic hydroxyl groups is 1. The van der Waals surface area contributed by atoms with Gasteiger partial charge < -0.3 is 45.0 Å². The van der Waals surface area contributed by atoms with E-state index in [-0.39, 0.29) is 98.9 Å². The van der Waals surface area contributed by atoms with Crippen molar-refractivity contribution in [2.75, 3.05) is 57.5 Å². The van der Waals surface area contributed by atoms with Crippen LogP contribution >= 0.6 is 11.3 Å². The SMILES string of the molecule is C=CC(=O)N1CCN(c2nc(=O)n(-c3c(C)cccc3CNC(=O)COCCOCC(=O)N[C@H](C(=O)N3C[C@H](O)C[C@H]3C(=O)CC[C@@H](C)c3ccc(-c4scnc4C)cc3)C(C)(C)C)c3nc(-c4c(O)cccc4F)c(F)cc23)[C@@H](C)C1. The minimum Gasteiger partial charge on any atom is -0.507 e. The Morgan fingerprint density at radius 1 is 0.939 bits per heavy atom. The molecule has 2 saturated heterocycles. The van der Waals surface area contributed by atoms with Gasteiger partial charge in [0, 0.05) is 51.6 Å². The molecule has 0 saturated carbocycles. The summed E-state index contributed by atoms with van der Waals surface area (Å²) >= 11 is 1.58. The predicted molar refractivity (Wildman–Crippen MR) is 306 cm³/mol. The first kappa shape index (κ1) is 60.3. The molecule has 5 heterocycles. The molecule has 3 aromatic carbocycles. The maximum Gasteiger partial charge on any atom is 0.355 e. The van der Waals surface area contributed by atoms with Gasteiger partial charge in [-0.15, -0.1) is 11.3 Å². The average molecular weight is 1150 g/mol. The van der Waals surface area contributed by atoms with Gasteiger partial charge in [0.05, 0.1) is 58.1 Å². The monoisotopic (exact) mass is 1150 g/mol. The number of nitrogens with one attached hydrogen (secondary N) is 2. The number of benzene rings is 3. The molecule has 0 spiro atoms. The number of pyridine rings is 1. The molecule has 4 N–H and O–H groups in total. The molecule has 5 atom stereocenters. The second-order valence-electron chi connectivity index (χ2n) is 21.9. The van der Waals surface area contributed by atoms with Crippen LogP contribution in [0.15, 0.2) is 89.7 Å². The zero-order valence-corrected chi connectivity index (χ0v) is 47.9. The van der Waals surface area contributed by atoms with Gasteiger partial charge in [0.1, 0.15) is 42.3 Å². The summed E-state index contributed by atoms with van der Waals surface area (Å²) < 4.78 is 43.9. The standard InChI is InChI=1S/C60H69F2N9O10S/c1-9-50(77)68-22-23-69(36(4)29-68)56-42-27-44(62)52(51-43(61)14-11-15-47(51)74)66-57(42)71(59(79)67-56)53-35(3)12-10-13-40(53)28-63-48(75)31-80-24-25-81-32-49(76)65-55(60(6,7)8)58(78)70-30-41(72)26-45(70)46(73)21-16-34(2)38-17-19-39(20-18-38)54-37(5)64-33-82-54/h9-15,17-20,27,33-34,36,41,45,55,72,74H,1,16,21-26,28-32H2,2-8H3,(H,63,75)(H,65,76)/t34-,36+,41-,45+,55-/m1/s1. The Kier molecular flexibility index (Phi) is 19.1. The van der Waals surface area contributed by atoms with Crippen LogP contribution in [0.5, 0.6) is 5.75 Å². The van der Waals surface area contributed by atoms with Crippen molar-refractivity contribution in [2.45, 2.75) is 104 Å². The Morgan fingerprint density at radius 3 is 2.30 bits per heavy atom. The number of aromatic hydroxyl groups is 1. The summed E-state index contributed by atoms with van der Waals surface area (Å²) in [5, 5.41) is 27.1. The molecular weight excluding hydrogens is 1080 g/mol. The number of anilines is 1. The number of piperazine rings is 1. The van der Waals surface area contributed by atoms with Gasteiger partial charge in [-0.05, 0) is 85.1 Å². The van der Waals surface area contributed by atoms with Crippen molar-refractivity contribution in [1.29, 1.82) is 0 Å². The highest BCUT2D eigenvalue weighted by molar-refractivity contribution is 7.13. The van der Waals surface area contributed by atoms with Gasteiger partial charge in [0.2, 0.25) is 23.6 Å². The van der Waals surface area contributed by atoms with Crippen molar-refractivity contribution < 1.29 is 52.4 Å². The fraction of sp³-hybridized carbons (Fsp3) is 0.417. The number of phenols is 1. The Labute approximate surface area is 478 Å². The van der Waals surface area contributed by atoms with Gasteiger partial charge in [-0.2, -0.15) is 4.98 Å². The van der Waals surface area contributed by atoms with E-state index < -0.39 is 94.9 Å².